The van der Waals surface area contributed by atoms with Crippen LogP contribution in [-0.2, 0) is 14.3 Å². The second kappa shape index (κ2) is 5.46. The van der Waals surface area contributed by atoms with Gasteiger partial charge in [0.15, 0.2) is 0 Å². The summed E-state index contributed by atoms with van der Waals surface area (Å²) in [5.74, 6) is -1.97. The summed E-state index contributed by atoms with van der Waals surface area (Å²) in [4.78, 5) is 36.5. The number of amides is 1. The highest BCUT2D eigenvalue weighted by Crippen LogP contribution is 2.35. The highest BCUT2D eigenvalue weighted by Gasteiger charge is 2.38. The minimum absolute atomic E-state index is 0.0840. The maximum absolute atomic E-state index is 12.0. The van der Waals surface area contributed by atoms with E-state index in [9.17, 15) is 14.4 Å². The predicted molar refractivity (Wildman–Crippen MR) is 73.9 cm³/mol. The first-order valence-corrected chi connectivity index (χ1v) is 6.34. The molecule has 1 aliphatic heterocycles. The number of para-hydroxylation sites is 1. The Morgan fingerprint density at radius 2 is 2.10 bits per heavy atom. The van der Waals surface area contributed by atoms with Crippen molar-refractivity contribution in [3.05, 3.63) is 40.9 Å². The number of benzene rings is 1. The largest absolute Gasteiger partial charge is 0.463 e. The van der Waals surface area contributed by atoms with Crippen LogP contribution in [0.15, 0.2) is 30.4 Å². The molecule has 1 aromatic rings. The van der Waals surface area contributed by atoms with Crippen molar-refractivity contribution >= 4 is 34.9 Å². The fourth-order valence-electron chi connectivity index (χ4n) is 1.95. The number of esters is 1. The molecule has 5 nitrogen and oxygen atoms in total. The predicted octanol–water partition coefficient (Wildman–Crippen LogP) is 1.99. The molecular weight excluding hydrogens is 282 g/mol. The normalized spacial score (nSPS) is 13.4. The number of ether oxygens (including phenoxy) is 1. The number of hydrogen-bond acceptors (Lipinski definition) is 4. The number of Topliss-reactive ketones (excluding diaryl/α,β-unsaturated/α-hetero) is 1. The van der Waals surface area contributed by atoms with E-state index in [-0.39, 0.29) is 29.3 Å². The quantitative estimate of drug-likeness (QED) is 0.484. The maximum atomic E-state index is 12.0. The standard InChI is InChI=1S/C14H12ClNO4/c1-3-20-14(19)8(2)7-16-11-9(12(17)13(16)18)5-4-6-10(11)15/h4-6H,2-3,7H2,1H3. The van der Waals surface area contributed by atoms with Crippen LogP contribution in [0.25, 0.3) is 0 Å². The van der Waals surface area contributed by atoms with Gasteiger partial charge in [0.1, 0.15) is 0 Å². The highest BCUT2D eigenvalue weighted by molar-refractivity contribution is 6.54. The Morgan fingerprint density at radius 3 is 2.75 bits per heavy atom. The smallest absolute Gasteiger partial charge is 0.335 e. The average Bonchev–Trinajstić information content (AvgIpc) is 2.65. The third kappa shape index (κ3) is 2.32. The average molecular weight is 294 g/mol. The summed E-state index contributed by atoms with van der Waals surface area (Å²) in [6.07, 6.45) is 0. The van der Waals surface area contributed by atoms with Gasteiger partial charge in [0.25, 0.3) is 11.7 Å². The van der Waals surface area contributed by atoms with E-state index >= 15 is 0 Å². The van der Waals surface area contributed by atoms with Crippen molar-refractivity contribution in [2.75, 3.05) is 18.1 Å². The van der Waals surface area contributed by atoms with E-state index < -0.39 is 17.7 Å². The second-order valence-electron chi connectivity index (χ2n) is 4.18. The number of nitrogens with zero attached hydrogens (tertiary/aromatic N) is 1. The Bertz CT molecular complexity index is 624. The van der Waals surface area contributed by atoms with Gasteiger partial charge in [-0.1, -0.05) is 24.2 Å². The van der Waals surface area contributed by atoms with Gasteiger partial charge in [0.2, 0.25) is 0 Å². The van der Waals surface area contributed by atoms with E-state index in [1.807, 2.05) is 0 Å². The molecule has 0 bridgehead atoms. The molecule has 0 spiro atoms. The number of anilines is 1. The minimum atomic E-state index is -0.724. The first-order chi connectivity index (χ1) is 9.47. The van der Waals surface area contributed by atoms with Crippen molar-refractivity contribution in [1.29, 1.82) is 0 Å². The first kappa shape index (κ1) is 14.3. The zero-order valence-corrected chi connectivity index (χ0v) is 11.6. The number of ketones is 1. The van der Waals surface area contributed by atoms with Gasteiger partial charge < -0.3 is 4.74 Å². The molecule has 1 aliphatic rings. The van der Waals surface area contributed by atoms with Gasteiger partial charge >= 0.3 is 5.97 Å². The van der Waals surface area contributed by atoms with Crippen LogP contribution in [0, 0.1) is 0 Å². The third-order valence-corrected chi connectivity index (χ3v) is 3.16. The van der Waals surface area contributed by atoms with E-state index in [1.54, 1.807) is 19.1 Å². The topological polar surface area (TPSA) is 63.7 Å². The molecule has 20 heavy (non-hydrogen) atoms. The molecule has 1 aromatic carbocycles. The molecule has 0 aromatic heterocycles. The van der Waals surface area contributed by atoms with Gasteiger partial charge in [0.05, 0.1) is 29.4 Å². The van der Waals surface area contributed by atoms with Crippen LogP contribution < -0.4 is 4.90 Å². The van der Waals surface area contributed by atoms with Gasteiger partial charge in [-0.15, -0.1) is 0 Å². The van der Waals surface area contributed by atoms with Crippen molar-refractivity contribution in [1.82, 2.24) is 0 Å². The number of fused-ring (bicyclic) bond motifs is 1. The summed E-state index contributed by atoms with van der Waals surface area (Å²) in [6.45, 7) is 5.33. The molecule has 0 N–H and O–H groups in total. The van der Waals surface area contributed by atoms with Crippen molar-refractivity contribution in [2.45, 2.75) is 6.92 Å². The van der Waals surface area contributed by atoms with Crippen molar-refractivity contribution in [3.8, 4) is 0 Å². The van der Waals surface area contributed by atoms with E-state index in [4.69, 9.17) is 16.3 Å². The molecule has 1 heterocycles. The Hall–Kier alpha value is -2.14. The summed E-state index contributed by atoms with van der Waals surface area (Å²) >= 11 is 6.03. The summed E-state index contributed by atoms with van der Waals surface area (Å²) < 4.78 is 4.80. The zero-order chi connectivity index (χ0) is 14.9. The molecule has 0 saturated heterocycles. The SMILES string of the molecule is C=C(CN1C(=O)C(=O)c2cccc(Cl)c21)C(=O)OCC. The second-order valence-corrected chi connectivity index (χ2v) is 4.59. The maximum Gasteiger partial charge on any atom is 0.335 e. The lowest BCUT2D eigenvalue weighted by atomic mass is 10.1. The molecular formula is C14H12ClNO4. The molecule has 6 heteroatoms. The summed E-state index contributed by atoms with van der Waals surface area (Å²) in [7, 11) is 0. The molecule has 0 fully saturated rings. The number of rotatable bonds is 4. The van der Waals surface area contributed by atoms with Gasteiger partial charge in [-0.25, -0.2) is 4.79 Å². The summed E-state index contributed by atoms with van der Waals surface area (Å²) in [5.41, 5.74) is 0.634. The lowest BCUT2D eigenvalue weighted by Crippen LogP contribution is -2.33. The minimum Gasteiger partial charge on any atom is -0.463 e. The van der Waals surface area contributed by atoms with Crippen LogP contribution in [0.3, 0.4) is 0 Å². The van der Waals surface area contributed by atoms with Gasteiger partial charge in [-0.3, -0.25) is 14.5 Å². The van der Waals surface area contributed by atoms with E-state index in [2.05, 4.69) is 6.58 Å². The van der Waals surface area contributed by atoms with Crippen LogP contribution in [0.1, 0.15) is 17.3 Å². The molecule has 2 rings (SSSR count). The third-order valence-electron chi connectivity index (χ3n) is 2.85. The van der Waals surface area contributed by atoms with Gasteiger partial charge in [0, 0.05) is 5.57 Å². The fraction of sp³-hybridized carbons (Fsp3) is 0.214. The molecule has 0 atom stereocenters. The van der Waals surface area contributed by atoms with Crippen LogP contribution >= 0.6 is 11.6 Å². The van der Waals surface area contributed by atoms with Crippen LogP contribution in [0.2, 0.25) is 5.02 Å². The Labute approximate surface area is 120 Å². The van der Waals surface area contributed by atoms with Crippen molar-refractivity contribution < 1.29 is 19.1 Å². The lowest BCUT2D eigenvalue weighted by molar-refractivity contribution is -0.138. The molecule has 0 radical (unpaired) electrons. The molecule has 0 saturated carbocycles. The molecule has 1 amide bonds. The number of hydrogen-bond donors (Lipinski definition) is 0. The Kier molecular flexibility index (Phi) is 3.90. The van der Waals surface area contributed by atoms with E-state index in [0.29, 0.717) is 5.69 Å². The molecule has 0 unspecified atom stereocenters. The highest BCUT2D eigenvalue weighted by atomic mass is 35.5. The lowest BCUT2D eigenvalue weighted by Gasteiger charge is -2.18. The van der Waals surface area contributed by atoms with Crippen molar-refractivity contribution in [3.63, 3.8) is 0 Å². The molecule has 0 aliphatic carbocycles. The van der Waals surface area contributed by atoms with E-state index in [0.717, 1.165) is 4.90 Å². The number of carbonyl (C=O) groups excluding carboxylic acids is 3. The zero-order valence-electron chi connectivity index (χ0n) is 10.8. The van der Waals surface area contributed by atoms with Gasteiger partial charge in [-0.05, 0) is 19.1 Å². The number of carbonyl (C=O) groups is 3. The van der Waals surface area contributed by atoms with Crippen LogP contribution in [-0.4, -0.2) is 30.8 Å². The molecule has 104 valence electrons. The van der Waals surface area contributed by atoms with Crippen molar-refractivity contribution in [2.24, 2.45) is 0 Å². The Balaban J connectivity index is 2.31. The van der Waals surface area contributed by atoms with Crippen LogP contribution in [0.4, 0.5) is 5.69 Å². The Morgan fingerprint density at radius 1 is 1.40 bits per heavy atom. The first-order valence-electron chi connectivity index (χ1n) is 5.97. The summed E-state index contributed by atoms with van der Waals surface area (Å²) in [6, 6.07) is 4.69. The fourth-order valence-corrected chi connectivity index (χ4v) is 2.23. The summed E-state index contributed by atoms with van der Waals surface area (Å²) in [5, 5.41) is 0.276. The van der Waals surface area contributed by atoms with Crippen LogP contribution in [0.5, 0.6) is 0 Å². The van der Waals surface area contributed by atoms with Gasteiger partial charge in [-0.2, -0.15) is 0 Å². The van der Waals surface area contributed by atoms with E-state index in [1.165, 1.54) is 6.07 Å². The monoisotopic (exact) mass is 293 g/mol. The number of halogens is 1.